The van der Waals surface area contributed by atoms with Crippen LogP contribution in [0.5, 0.6) is 11.5 Å². The van der Waals surface area contributed by atoms with E-state index in [1.54, 1.807) is 48.4 Å². The summed E-state index contributed by atoms with van der Waals surface area (Å²) >= 11 is 0. The topological polar surface area (TPSA) is 182 Å². The van der Waals surface area contributed by atoms with Crippen LogP contribution in [0.2, 0.25) is 0 Å². The number of nitro benzene ring substituents is 1. The minimum absolute atomic E-state index is 0.0221. The van der Waals surface area contributed by atoms with Gasteiger partial charge in [-0.15, -0.1) is 6.58 Å². The molecule has 0 bridgehead atoms. The van der Waals surface area contributed by atoms with Gasteiger partial charge in [0.25, 0.3) is 5.69 Å². The summed E-state index contributed by atoms with van der Waals surface area (Å²) in [4.78, 5) is 45.1. The van der Waals surface area contributed by atoms with Crippen molar-refractivity contribution in [3.8, 4) is 11.5 Å². The number of ether oxygens (including phenoxy) is 3. The van der Waals surface area contributed by atoms with Gasteiger partial charge in [-0.1, -0.05) is 60.5 Å². The fourth-order valence-corrected chi connectivity index (χ4v) is 8.96. The average Bonchev–Trinajstić information content (AvgIpc) is 3.26. The van der Waals surface area contributed by atoms with E-state index in [9.17, 15) is 29.9 Å². The predicted molar refractivity (Wildman–Crippen MR) is 226 cm³/mol. The number of nitro groups is 1. The lowest BCUT2D eigenvalue weighted by Gasteiger charge is -2.59. The van der Waals surface area contributed by atoms with Crippen molar-refractivity contribution in [3.63, 3.8) is 0 Å². The van der Waals surface area contributed by atoms with E-state index in [-0.39, 0.29) is 62.1 Å². The van der Waals surface area contributed by atoms with Crippen LogP contribution in [0.1, 0.15) is 67.6 Å². The predicted octanol–water partition coefficient (Wildman–Crippen LogP) is 7.32. The van der Waals surface area contributed by atoms with Gasteiger partial charge in [0.1, 0.15) is 24.7 Å². The summed E-state index contributed by atoms with van der Waals surface area (Å²) in [5, 5.41) is 38.2. The molecule has 1 saturated carbocycles. The summed E-state index contributed by atoms with van der Waals surface area (Å²) in [6, 6.07) is 20.0. The molecule has 14 heteroatoms. The van der Waals surface area contributed by atoms with Crippen LogP contribution >= 0.6 is 0 Å². The zero-order valence-electron chi connectivity index (χ0n) is 34.1. The van der Waals surface area contributed by atoms with Gasteiger partial charge in [-0.25, -0.2) is 4.79 Å². The molecule has 6 unspecified atom stereocenters. The number of amides is 2. The second-order valence-corrected chi connectivity index (χ2v) is 15.3. The molecule has 0 aromatic heterocycles. The van der Waals surface area contributed by atoms with Gasteiger partial charge in [-0.05, 0) is 90.6 Å². The largest absolute Gasteiger partial charge is 0.459 e. The molecule has 2 aliphatic carbocycles. The number of hydrogen-bond acceptors (Lipinski definition) is 11. The van der Waals surface area contributed by atoms with Crippen molar-refractivity contribution in [1.82, 2.24) is 10.2 Å². The number of nitrogens with one attached hydrogen (secondary N) is 1. The number of nitrogens with zero attached hydrogens (tertiary/aromatic N) is 3. The Labute approximate surface area is 350 Å². The monoisotopic (exact) mass is 822 g/mol. The van der Waals surface area contributed by atoms with Crippen LogP contribution in [0.25, 0.3) is 6.08 Å². The highest BCUT2D eigenvalue weighted by Crippen LogP contribution is 2.61. The third-order valence-corrected chi connectivity index (χ3v) is 11.7. The van der Waals surface area contributed by atoms with Crippen LogP contribution in [0.3, 0.4) is 0 Å². The normalized spacial score (nSPS) is 23.4. The number of non-ortho nitro benzene ring substituents is 1. The van der Waals surface area contributed by atoms with Gasteiger partial charge < -0.3 is 39.5 Å². The molecule has 0 radical (unpaired) electrons. The highest BCUT2D eigenvalue weighted by Gasteiger charge is 2.65. The third-order valence-electron chi connectivity index (χ3n) is 11.7. The van der Waals surface area contributed by atoms with E-state index < -0.39 is 28.8 Å². The van der Waals surface area contributed by atoms with Crippen molar-refractivity contribution in [1.29, 1.82) is 0 Å². The van der Waals surface area contributed by atoms with Crippen LogP contribution in [0, 0.1) is 27.9 Å². The number of unbranched alkanes of at least 4 members (excludes halogenated alkanes) is 2. The van der Waals surface area contributed by atoms with Crippen molar-refractivity contribution >= 4 is 29.5 Å². The molecule has 60 heavy (non-hydrogen) atoms. The number of benzene rings is 3. The van der Waals surface area contributed by atoms with Gasteiger partial charge in [-0.3, -0.25) is 14.9 Å². The highest BCUT2D eigenvalue weighted by molar-refractivity contribution is 6.03. The van der Waals surface area contributed by atoms with Gasteiger partial charge in [-0.2, -0.15) is 0 Å². The summed E-state index contributed by atoms with van der Waals surface area (Å²) in [6.45, 7) is 4.45. The Morgan fingerprint density at radius 3 is 2.47 bits per heavy atom. The van der Waals surface area contributed by atoms with Crippen LogP contribution in [-0.4, -0.2) is 83.6 Å². The Morgan fingerprint density at radius 2 is 1.78 bits per heavy atom. The molecule has 1 fully saturated rings. The zero-order chi connectivity index (χ0) is 42.6. The van der Waals surface area contributed by atoms with E-state index in [4.69, 9.17) is 19.0 Å². The van der Waals surface area contributed by atoms with Crippen molar-refractivity contribution in [2.24, 2.45) is 22.9 Å². The molecule has 14 nitrogen and oxygen atoms in total. The Kier molecular flexibility index (Phi) is 14.9. The second kappa shape index (κ2) is 20.4. The zero-order valence-corrected chi connectivity index (χ0v) is 34.1. The Morgan fingerprint density at radius 1 is 1.05 bits per heavy atom. The number of allylic oxidation sites excluding steroid dienone is 1. The maximum absolute atomic E-state index is 14.2. The van der Waals surface area contributed by atoms with Crippen LogP contribution in [0.15, 0.2) is 108 Å². The molecular formula is C46H54N4O10. The smallest absolute Gasteiger partial charge is 0.412 e. The molecule has 6 rings (SSSR count). The maximum Gasteiger partial charge on any atom is 0.412 e. The SMILES string of the molecule is C=CCOC12Oc3ccc(OC(=O)NCc4ccccc4)cc3C3C(CCCCO)C(CCCCO)C=C(C(=NOC)CC1N(C)C(=O)C=Cc1ccc([N+](=O)[O-])cc1)C32. The van der Waals surface area contributed by atoms with E-state index in [1.807, 2.05) is 36.4 Å². The van der Waals surface area contributed by atoms with E-state index in [2.05, 4.69) is 23.1 Å². The van der Waals surface area contributed by atoms with Gasteiger partial charge in [0.2, 0.25) is 11.7 Å². The minimum Gasteiger partial charge on any atom is -0.459 e. The summed E-state index contributed by atoms with van der Waals surface area (Å²) in [5.74, 6) is -1.83. The van der Waals surface area contributed by atoms with Crippen molar-refractivity contribution < 1.29 is 43.8 Å². The lowest BCUT2D eigenvalue weighted by molar-refractivity contribution is -0.384. The highest BCUT2D eigenvalue weighted by atomic mass is 16.7. The van der Waals surface area contributed by atoms with Gasteiger partial charge >= 0.3 is 6.09 Å². The van der Waals surface area contributed by atoms with Crippen molar-refractivity contribution in [2.45, 2.75) is 69.2 Å². The first-order chi connectivity index (χ1) is 29.1. The van der Waals surface area contributed by atoms with E-state index in [1.165, 1.54) is 25.3 Å². The first kappa shape index (κ1) is 43.7. The average molecular weight is 823 g/mol. The number of oxime groups is 1. The molecule has 318 valence electrons. The summed E-state index contributed by atoms with van der Waals surface area (Å²) in [5.41, 5.74) is 3.79. The number of rotatable bonds is 19. The molecule has 3 aliphatic rings. The second-order valence-electron chi connectivity index (χ2n) is 15.3. The van der Waals surface area contributed by atoms with Gasteiger partial charge in [0.05, 0.1) is 23.2 Å². The Bertz CT molecular complexity index is 2070. The number of fused-ring (bicyclic) bond motifs is 2. The fraction of sp³-hybridized carbons (Fsp3) is 0.413. The van der Waals surface area contributed by atoms with Crippen LogP contribution in [0.4, 0.5) is 10.5 Å². The molecular weight excluding hydrogens is 769 g/mol. The molecule has 1 aliphatic heterocycles. The number of carbonyl (C=O) groups excluding carboxylic acids is 2. The number of aliphatic hydroxyl groups is 2. The van der Waals surface area contributed by atoms with Gasteiger partial charge in [0.15, 0.2) is 0 Å². The lowest BCUT2D eigenvalue weighted by atomic mass is 9.55. The minimum atomic E-state index is -1.46. The summed E-state index contributed by atoms with van der Waals surface area (Å²) < 4.78 is 19.9. The maximum atomic E-state index is 14.2. The molecule has 1 heterocycles. The molecule has 3 N–H and O–H groups in total. The number of hydrogen-bond donors (Lipinski definition) is 3. The Balaban J connectivity index is 1.45. The molecule has 0 spiro atoms. The molecule has 3 aromatic rings. The molecule has 6 atom stereocenters. The fourth-order valence-electron chi connectivity index (χ4n) is 8.96. The first-order valence-electron chi connectivity index (χ1n) is 20.4. The Hall–Kier alpha value is -5.83. The van der Waals surface area contributed by atoms with E-state index in [0.29, 0.717) is 35.6 Å². The quantitative estimate of drug-likeness (QED) is 0.0364. The molecule has 0 saturated heterocycles. The molecule has 3 aromatic carbocycles. The number of likely N-dealkylation sites (N-methyl/N-ethyl adjacent to an activating group) is 1. The van der Waals surface area contributed by atoms with Crippen molar-refractivity contribution in [2.75, 3.05) is 34.0 Å². The standard InChI is InChI=1S/C46H54N4O10/c1-4-26-58-46-41(49(2)42(53)23-18-31-16-19-34(20-17-31)50(55)56)29-39(48-57-3)37-27-33(14-8-10-24-51)36(15-9-11-25-52)43(44(37)46)38-28-35(21-22-40(38)60-46)59-45(54)47-30-32-12-6-5-7-13-32/h4-7,12-13,16-23,27-28,33,36,41,43-44,51-52H,1,8-11,14-15,24-26,29-30H2,2-3H3,(H,47,54). The van der Waals surface area contributed by atoms with Crippen LogP contribution in [-0.2, 0) is 20.9 Å². The summed E-state index contributed by atoms with van der Waals surface area (Å²) in [7, 11) is 3.17. The third kappa shape index (κ3) is 9.78. The van der Waals surface area contributed by atoms with E-state index >= 15 is 0 Å². The number of carbonyl (C=O) groups is 2. The first-order valence-corrected chi connectivity index (χ1v) is 20.4. The van der Waals surface area contributed by atoms with Crippen LogP contribution < -0.4 is 14.8 Å². The molecule has 2 amide bonds. The summed E-state index contributed by atoms with van der Waals surface area (Å²) in [6.07, 6.45) is 10.8. The number of aliphatic hydroxyl groups excluding tert-OH is 2. The van der Waals surface area contributed by atoms with Gasteiger partial charge in [0, 0.05) is 62.9 Å². The van der Waals surface area contributed by atoms with E-state index in [0.717, 1.165) is 42.4 Å². The van der Waals surface area contributed by atoms with Crippen molar-refractivity contribution in [3.05, 3.63) is 130 Å². The lowest BCUT2D eigenvalue weighted by Crippen LogP contribution is -2.69.